The lowest BCUT2D eigenvalue weighted by Gasteiger charge is -2.16. The normalized spacial score (nSPS) is 11.2. The Labute approximate surface area is 184 Å². The van der Waals surface area contributed by atoms with Crippen LogP contribution < -0.4 is 15.7 Å². The highest BCUT2D eigenvalue weighted by molar-refractivity contribution is 5.97. The van der Waals surface area contributed by atoms with Gasteiger partial charge in [-0.2, -0.15) is 9.78 Å². The van der Waals surface area contributed by atoms with Gasteiger partial charge in [0.25, 0.3) is 11.5 Å². The molecule has 32 heavy (non-hydrogen) atoms. The number of fused-ring (bicyclic) bond motifs is 1. The van der Waals surface area contributed by atoms with E-state index in [1.165, 1.54) is 7.11 Å². The summed E-state index contributed by atoms with van der Waals surface area (Å²) in [7, 11) is 1.51. The SMILES string of the molecule is COc1ccccc1C(=O)NN=Cc1cc(C)n(-n2c(C)nc3ccccc3c2=O)c1C. The lowest BCUT2D eigenvalue weighted by molar-refractivity contribution is 0.0952. The van der Waals surface area contributed by atoms with Gasteiger partial charge in [0.1, 0.15) is 11.6 Å². The minimum absolute atomic E-state index is 0.150. The van der Waals surface area contributed by atoms with Gasteiger partial charge in [-0.05, 0) is 51.1 Å². The molecular weight excluding hydrogens is 406 g/mol. The maximum atomic E-state index is 13.2. The van der Waals surface area contributed by atoms with Crippen LogP contribution in [0, 0.1) is 20.8 Å². The van der Waals surface area contributed by atoms with Crippen LogP contribution in [0.5, 0.6) is 5.75 Å². The number of nitrogens with zero attached hydrogens (tertiary/aromatic N) is 4. The molecule has 1 N–H and O–H groups in total. The van der Waals surface area contributed by atoms with E-state index in [2.05, 4.69) is 15.5 Å². The third-order valence-electron chi connectivity index (χ3n) is 5.27. The number of carbonyl (C=O) groups excluding carboxylic acids is 1. The number of ether oxygens (including phenoxy) is 1. The maximum Gasteiger partial charge on any atom is 0.280 e. The van der Waals surface area contributed by atoms with E-state index in [-0.39, 0.29) is 11.5 Å². The fourth-order valence-electron chi connectivity index (χ4n) is 3.74. The summed E-state index contributed by atoms with van der Waals surface area (Å²) in [6.07, 6.45) is 1.56. The van der Waals surface area contributed by atoms with Gasteiger partial charge in [0.05, 0.1) is 29.8 Å². The second kappa shape index (κ2) is 8.50. The number of nitrogens with one attached hydrogen (secondary N) is 1. The molecule has 4 aromatic rings. The van der Waals surface area contributed by atoms with Crippen molar-refractivity contribution in [3.63, 3.8) is 0 Å². The Kier molecular flexibility index (Phi) is 5.59. The number of methoxy groups -OCH3 is 1. The highest BCUT2D eigenvalue weighted by Crippen LogP contribution is 2.17. The van der Waals surface area contributed by atoms with Crippen molar-refractivity contribution in [2.75, 3.05) is 7.11 Å². The summed E-state index contributed by atoms with van der Waals surface area (Å²) >= 11 is 0. The van der Waals surface area contributed by atoms with Crippen LogP contribution in [0.4, 0.5) is 0 Å². The lowest BCUT2D eigenvalue weighted by atomic mass is 10.2. The Balaban J connectivity index is 1.67. The summed E-state index contributed by atoms with van der Waals surface area (Å²) in [4.78, 5) is 30.2. The number of hydrogen-bond donors (Lipinski definition) is 1. The molecule has 4 rings (SSSR count). The Morgan fingerprint density at radius 3 is 2.56 bits per heavy atom. The van der Waals surface area contributed by atoms with Crippen molar-refractivity contribution in [2.24, 2.45) is 5.10 Å². The summed E-state index contributed by atoms with van der Waals surface area (Å²) in [5, 5.41) is 4.65. The summed E-state index contributed by atoms with van der Waals surface area (Å²) < 4.78 is 8.58. The smallest absolute Gasteiger partial charge is 0.280 e. The zero-order chi connectivity index (χ0) is 22.8. The van der Waals surface area contributed by atoms with E-state index in [1.54, 1.807) is 52.8 Å². The zero-order valence-electron chi connectivity index (χ0n) is 18.3. The van der Waals surface area contributed by atoms with Gasteiger partial charge in [-0.1, -0.05) is 24.3 Å². The van der Waals surface area contributed by atoms with Crippen LogP contribution in [0.15, 0.2) is 64.5 Å². The fraction of sp³-hybridized carbons (Fsp3) is 0.167. The number of hydrogen-bond acceptors (Lipinski definition) is 5. The van der Waals surface area contributed by atoms with Crippen LogP contribution in [-0.4, -0.2) is 33.6 Å². The molecule has 2 aromatic carbocycles. The van der Waals surface area contributed by atoms with Gasteiger partial charge >= 0.3 is 0 Å². The maximum absolute atomic E-state index is 13.2. The number of amides is 1. The number of aryl methyl sites for hydroxylation is 2. The molecule has 0 unspecified atom stereocenters. The Hall–Kier alpha value is -4.20. The number of carbonyl (C=O) groups is 1. The molecule has 8 nitrogen and oxygen atoms in total. The van der Waals surface area contributed by atoms with E-state index >= 15 is 0 Å². The predicted octanol–water partition coefficient (Wildman–Crippen LogP) is 3.21. The first-order valence-corrected chi connectivity index (χ1v) is 10.1. The third kappa shape index (κ3) is 3.66. The largest absolute Gasteiger partial charge is 0.496 e. The topological polar surface area (TPSA) is 90.5 Å². The van der Waals surface area contributed by atoms with Crippen molar-refractivity contribution >= 4 is 23.0 Å². The molecule has 8 heteroatoms. The first-order valence-electron chi connectivity index (χ1n) is 10.1. The van der Waals surface area contributed by atoms with Gasteiger partial charge in [0.15, 0.2) is 0 Å². The van der Waals surface area contributed by atoms with Crippen molar-refractivity contribution < 1.29 is 9.53 Å². The second-order valence-electron chi connectivity index (χ2n) is 7.33. The molecule has 0 spiro atoms. The van der Waals surface area contributed by atoms with Crippen LogP contribution in [0.3, 0.4) is 0 Å². The molecule has 0 fully saturated rings. The molecule has 2 aromatic heterocycles. The van der Waals surface area contributed by atoms with Gasteiger partial charge in [-0.25, -0.2) is 10.4 Å². The van der Waals surface area contributed by atoms with E-state index in [9.17, 15) is 9.59 Å². The Morgan fingerprint density at radius 2 is 1.78 bits per heavy atom. The van der Waals surface area contributed by atoms with Gasteiger partial charge in [-0.3, -0.25) is 14.3 Å². The predicted molar refractivity (Wildman–Crippen MR) is 123 cm³/mol. The highest BCUT2D eigenvalue weighted by atomic mass is 16.5. The fourth-order valence-corrected chi connectivity index (χ4v) is 3.74. The summed E-state index contributed by atoms with van der Waals surface area (Å²) in [6.45, 7) is 5.59. The van der Waals surface area contributed by atoms with E-state index in [1.807, 2.05) is 38.1 Å². The van der Waals surface area contributed by atoms with Crippen molar-refractivity contribution in [3.8, 4) is 5.75 Å². The van der Waals surface area contributed by atoms with Gasteiger partial charge < -0.3 is 4.74 Å². The lowest BCUT2D eigenvalue weighted by Crippen LogP contribution is -2.30. The molecule has 0 aliphatic heterocycles. The molecule has 162 valence electrons. The molecule has 0 saturated carbocycles. The quantitative estimate of drug-likeness (QED) is 0.390. The summed E-state index contributed by atoms with van der Waals surface area (Å²) in [5.41, 5.74) is 5.82. The second-order valence-corrected chi connectivity index (χ2v) is 7.33. The van der Waals surface area contributed by atoms with E-state index < -0.39 is 0 Å². The van der Waals surface area contributed by atoms with Crippen LogP contribution in [0.25, 0.3) is 10.9 Å². The minimum Gasteiger partial charge on any atom is -0.496 e. The van der Waals surface area contributed by atoms with Gasteiger partial charge in [0.2, 0.25) is 0 Å². The number of para-hydroxylation sites is 2. The van der Waals surface area contributed by atoms with Crippen LogP contribution in [0.2, 0.25) is 0 Å². The molecular formula is C24H23N5O3. The first-order chi connectivity index (χ1) is 15.4. The average molecular weight is 429 g/mol. The van der Waals surface area contributed by atoms with Crippen LogP contribution >= 0.6 is 0 Å². The van der Waals surface area contributed by atoms with Crippen LogP contribution in [0.1, 0.15) is 33.1 Å². The van der Waals surface area contributed by atoms with Crippen LogP contribution in [-0.2, 0) is 0 Å². The summed E-state index contributed by atoms with van der Waals surface area (Å²) in [6, 6.07) is 16.1. The minimum atomic E-state index is -0.377. The molecule has 0 aliphatic carbocycles. The molecule has 0 atom stereocenters. The molecule has 0 saturated heterocycles. The summed E-state index contributed by atoms with van der Waals surface area (Å²) in [5.74, 6) is 0.666. The highest BCUT2D eigenvalue weighted by Gasteiger charge is 2.15. The Bertz CT molecular complexity index is 1420. The van der Waals surface area contributed by atoms with E-state index in [4.69, 9.17) is 4.74 Å². The number of aromatic nitrogens is 3. The Morgan fingerprint density at radius 1 is 1.06 bits per heavy atom. The monoisotopic (exact) mass is 429 g/mol. The first kappa shape index (κ1) is 21.0. The molecule has 0 bridgehead atoms. The van der Waals surface area contributed by atoms with E-state index in [0.717, 1.165) is 17.0 Å². The molecule has 2 heterocycles. The zero-order valence-corrected chi connectivity index (χ0v) is 18.3. The van der Waals surface area contributed by atoms with Gasteiger partial charge in [0, 0.05) is 17.0 Å². The van der Waals surface area contributed by atoms with Crippen molar-refractivity contribution in [1.82, 2.24) is 19.8 Å². The third-order valence-corrected chi connectivity index (χ3v) is 5.27. The van der Waals surface area contributed by atoms with Crippen molar-refractivity contribution in [2.45, 2.75) is 20.8 Å². The molecule has 0 radical (unpaired) electrons. The molecule has 0 aliphatic rings. The average Bonchev–Trinajstić information content (AvgIpc) is 3.07. The van der Waals surface area contributed by atoms with E-state index in [0.29, 0.717) is 28.0 Å². The number of rotatable bonds is 5. The van der Waals surface area contributed by atoms with Crippen molar-refractivity contribution in [1.29, 1.82) is 0 Å². The van der Waals surface area contributed by atoms with Gasteiger partial charge in [-0.15, -0.1) is 0 Å². The standard InChI is InChI=1S/C24H23N5O3/c1-15-13-18(14-25-27-23(30)20-10-6-8-12-22(20)32-4)16(2)28(15)29-17(3)26-21-11-7-5-9-19(21)24(29)31/h5-14H,1-4H3,(H,27,30). The van der Waals surface area contributed by atoms with Crippen molar-refractivity contribution in [3.05, 3.63) is 93.3 Å². The molecule has 1 amide bonds. The number of benzene rings is 2. The number of hydrazone groups is 1.